The Bertz CT molecular complexity index is 445. The molecule has 93 valence electrons. The average Bonchev–Trinajstić information content (AvgIpc) is 2.44. The van der Waals surface area contributed by atoms with Crippen LogP contribution in [0.3, 0.4) is 0 Å². The fourth-order valence-electron chi connectivity index (χ4n) is 1.14. The van der Waals surface area contributed by atoms with Crippen LogP contribution >= 0.6 is 0 Å². The van der Waals surface area contributed by atoms with Gasteiger partial charge in [0.15, 0.2) is 0 Å². The maximum atomic E-state index is 11.5. The van der Waals surface area contributed by atoms with Crippen molar-refractivity contribution in [2.24, 2.45) is 7.05 Å². The summed E-state index contributed by atoms with van der Waals surface area (Å²) in [6.07, 6.45) is 0.663. The molecule has 0 aliphatic heterocycles. The van der Waals surface area contributed by atoms with E-state index in [9.17, 15) is 9.59 Å². The molecule has 17 heavy (non-hydrogen) atoms. The van der Waals surface area contributed by atoms with Crippen molar-refractivity contribution in [2.75, 3.05) is 5.32 Å². The average molecular weight is 239 g/mol. The van der Waals surface area contributed by atoms with Gasteiger partial charge >= 0.3 is 12.0 Å². The van der Waals surface area contributed by atoms with Gasteiger partial charge in [0.2, 0.25) is 5.82 Å². The van der Waals surface area contributed by atoms with E-state index in [1.54, 1.807) is 20.8 Å². The molecule has 2 N–H and O–H groups in total. The van der Waals surface area contributed by atoms with Crippen LogP contribution in [0, 0.1) is 0 Å². The van der Waals surface area contributed by atoms with Crippen molar-refractivity contribution in [3.63, 3.8) is 0 Å². The summed E-state index contributed by atoms with van der Waals surface area (Å²) in [7, 11) is 1.53. The molecule has 0 saturated carbocycles. The van der Waals surface area contributed by atoms with Crippen LogP contribution in [0.15, 0.2) is 6.20 Å². The molecule has 1 rings (SSSR count). The Kier molecular flexibility index (Phi) is 3.40. The van der Waals surface area contributed by atoms with Crippen LogP contribution < -0.4 is 11.1 Å². The first-order valence-corrected chi connectivity index (χ1v) is 4.98. The van der Waals surface area contributed by atoms with Gasteiger partial charge < -0.3 is 9.30 Å². The third-order valence-corrected chi connectivity index (χ3v) is 1.82. The number of anilines is 1. The summed E-state index contributed by atoms with van der Waals surface area (Å²) in [4.78, 5) is 26.0. The fraction of sp³-hybridized carbons (Fsp3) is 0.500. The van der Waals surface area contributed by atoms with Crippen molar-refractivity contribution in [1.29, 1.82) is 0 Å². The molecule has 0 aromatic carbocycles. The molecular formula is C10H15N4O3. The highest BCUT2D eigenvalue weighted by molar-refractivity contribution is 5.90. The molecule has 0 bridgehead atoms. The van der Waals surface area contributed by atoms with Crippen LogP contribution in [0.5, 0.6) is 0 Å². The maximum Gasteiger partial charge on any atom is 0.413 e. The van der Waals surface area contributed by atoms with E-state index in [-0.39, 0.29) is 5.82 Å². The summed E-state index contributed by atoms with van der Waals surface area (Å²) in [5, 5.41) is 2.45. The van der Waals surface area contributed by atoms with Gasteiger partial charge in [-0.3, -0.25) is 15.8 Å². The topological polar surface area (TPSA) is 97.0 Å². The Balaban J connectivity index is 2.76. The Morgan fingerprint density at radius 2 is 2.06 bits per heavy atom. The number of hydrogen-bond donors (Lipinski definition) is 1. The molecule has 7 heteroatoms. The zero-order chi connectivity index (χ0) is 13.2. The monoisotopic (exact) mass is 239 g/mol. The number of amides is 2. The molecule has 0 fully saturated rings. The van der Waals surface area contributed by atoms with Crippen LogP contribution in [0.1, 0.15) is 31.4 Å². The summed E-state index contributed by atoms with van der Waals surface area (Å²) in [5.41, 5.74) is 6.33. The fourth-order valence-corrected chi connectivity index (χ4v) is 1.14. The smallest absolute Gasteiger partial charge is 0.413 e. The summed E-state index contributed by atoms with van der Waals surface area (Å²) in [6, 6.07) is 0. The molecule has 0 aliphatic carbocycles. The van der Waals surface area contributed by atoms with E-state index in [0.717, 1.165) is 0 Å². The number of imidazole rings is 1. The number of nitrogens with one attached hydrogen (secondary N) is 2. The van der Waals surface area contributed by atoms with Crippen LogP contribution in [0.2, 0.25) is 0 Å². The Labute approximate surface area is 99.0 Å². The molecule has 0 saturated heterocycles. The number of carbonyl (C=O) groups excluding carboxylic acids is 2. The van der Waals surface area contributed by atoms with Gasteiger partial charge in [0, 0.05) is 7.05 Å². The Morgan fingerprint density at radius 3 is 2.47 bits per heavy atom. The van der Waals surface area contributed by atoms with Crippen molar-refractivity contribution in [1.82, 2.24) is 15.3 Å². The van der Waals surface area contributed by atoms with Gasteiger partial charge in [0.25, 0.3) is 0 Å². The SMILES string of the molecule is Cn1c(NC(=O)OC(C)(C)C)cnc1C([NH])=O. The molecule has 0 aliphatic rings. The highest BCUT2D eigenvalue weighted by Crippen LogP contribution is 2.12. The van der Waals surface area contributed by atoms with Gasteiger partial charge in [-0.2, -0.15) is 0 Å². The molecular weight excluding hydrogens is 224 g/mol. The predicted molar refractivity (Wildman–Crippen MR) is 60.5 cm³/mol. The molecule has 0 unspecified atom stereocenters. The predicted octanol–water partition coefficient (Wildman–Crippen LogP) is 1.19. The van der Waals surface area contributed by atoms with E-state index in [4.69, 9.17) is 10.5 Å². The molecule has 1 aromatic rings. The van der Waals surface area contributed by atoms with E-state index in [2.05, 4.69) is 10.3 Å². The standard InChI is InChI=1S/C10H15N4O3/c1-10(2,3)17-9(16)13-6-5-12-8(7(11)15)14(6)4/h5,11H,1-4H3,(H,13,16). The van der Waals surface area contributed by atoms with E-state index >= 15 is 0 Å². The van der Waals surface area contributed by atoms with Gasteiger partial charge in [-0.25, -0.2) is 9.78 Å². The molecule has 1 aromatic heterocycles. The molecule has 7 nitrogen and oxygen atoms in total. The lowest BCUT2D eigenvalue weighted by molar-refractivity contribution is 0.0634. The van der Waals surface area contributed by atoms with Crippen molar-refractivity contribution < 1.29 is 14.3 Å². The van der Waals surface area contributed by atoms with Gasteiger partial charge in [-0.15, -0.1) is 0 Å². The third kappa shape index (κ3) is 3.47. The number of rotatable bonds is 2. The van der Waals surface area contributed by atoms with E-state index < -0.39 is 17.6 Å². The second-order valence-corrected chi connectivity index (χ2v) is 4.48. The number of ether oxygens (including phenoxy) is 1. The van der Waals surface area contributed by atoms with Crippen molar-refractivity contribution in [2.45, 2.75) is 26.4 Å². The number of hydrogen-bond acceptors (Lipinski definition) is 4. The van der Waals surface area contributed by atoms with Gasteiger partial charge in [-0.1, -0.05) is 0 Å². The molecule has 1 radical (unpaired) electrons. The first-order valence-electron chi connectivity index (χ1n) is 4.98. The minimum Gasteiger partial charge on any atom is -0.444 e. The Morgan fingerprint density at radius 1 is 1.47 bits per heavy atom. The van der Waals surface area contributed by atoms with Crippen LogP contribution in [0.4, 0.5) is 10.6 Å². The Hall–Kier alpha value is -2.05. The van der Waals surface area contributed by atoms with E-state index in [1.807, 2.05) is 0 Å². The first kappa shape index (κ1) is 13.0. The third-order valence-electron chi connectivity index (χ3n) is 1.82. The lowest BCUT2D eigenvalue weighted by Crippen LogP contribution is -2.28. The van der Waals surface area contributed by atoms with E-state index in [0.29, 0.717) is 5.82 Å². The highest BCUT2D eigenvalue weighted by atomic mass is 16.6. The minimum atomic E-state index is -0.912. The van der Waals surface area contributed by atoms with Gasteiger partial charge in [0.05, 0.1) is 6.20 Å². The van der Waals surface area contributed by atoms with Crippen LogP contribution in [0.25, 0.3) is 0 Å². The number of carbonyl (C=O) groups is 2. The lowest BCUT2D eigenvalue weighted by Gasteiger charge is -2.19. The van der Waals surface area contributed by atoms with Gasteiger partial charge in [-0.05, 0) is 20.8 Å². The quantitative estimate of drug-likeness (QED) is 0.838. The van der Waals surface area contributed by atoms with Crippen molar-refractivity contribution in [3.8, 4) is 0 Å². The maximum absolute atomic E-state index is 11.5. The van der Waals surface area contributed by atoms with E-state index in [1.165, 1.54) is 17.8 Å². The number of aromatic nitrogens is 2. The minimum absolute atomic E-state index is 0.0453. The zero-order valence-electron chi connectivity index (χ0n) is 10.2. The first-order chi connectivity index (χ1) is 7.70. The second-order valence-electron chi connectivity index (χ2n) is 4.48. The summed E-state index contributed by atoms with van der Waals surface area (Å²) in [5.74, 6) is -0.657. The molecule has 0 spiro atoms. The van der Waals surface area contributed by atoms with Crippen LogP contribution in [-0.2, 0) is 11.8 Å². The second kappa shape index (κ2) is 4.44. The largest absolute Gasteiger partial charge is 0.444 e. The van der Waals surface area contributed by atoms with Gasteiger partial charge in [0.1, 0.15) is 11.4 Å². The lowest BCUT2D eigenvalue weighted by atomic mass is 10.2. The number of nitrogens with zero attached hydrogens (tertiary/aromatic N) is 2. The van der Waals surface area contributed by atoms with Crippen LogP contribution in [-0.4, -0.2) is 27.2 Å². The molecule has 2 amide bonds. The molecule has 1 heterocycles. The zero-order valence-corrected chi connectivity index (χ0v) is 10.2. The normalized spacial score (nSPS) is 11.1. The molecule has 0 atom stereocenters. The summed E-state index contributed by atoms with van der Waals surface area (Å²) < 4.78 is 6.36. The summed E-state index contributed by atoms with van der Waals surface area (Å²) >= 11 is 0. The summed E-state index contributed by atoms with van der Waals surface area (Å²) in [6.45, 7) is 5.23. The highest BCUT2D eigenvalue weighted by Gasteiger charge is 2.18. The van der Waals surface area contributed by atoms with Crippen molar-refractivity contribution in [3.05, 3.63) is 12.0 Å². The van der Waals surface area contributed by atoms with Crippen molar-refractivity contribution >= 4 is 17.8 Å².